The van der Waals surface area contributed by atoms with E-state index < -0.39 is 11.2 Å². The monoisotopic (exact) mass is 473 g/mol. The molecule has 1 saturated heterocycles. The molecule has 1 aliphatic heterocycles. The predicted molar refractivity (Wildman–Crippen MR) is 119 cm³/mol. The molecule has 2 aromatic heterocycles. The Kier molecular flexibility index (Phi) is 5.40. The first kappa shape index (κ1) is 20.6. The molecule has 0 saturated carbocycles. The predicted octanol–water partition coefficient (Wildman–Crippen LogP) is 2.32. The number of fused-ring (bicyclic) bond motifs is 1. The fourth-order valence-corrected chi connectivity index (χ4v) is 4.33. The van der Waals surface area contributed by atoms with Crippen LogP contribution >= 0.6 is 15.9 Å². The molecule has 4 rings (SSSR count). The lowest BCUT2D eigenvalue weighted by molar-refractivity contribution is 0.0973. The maximum absolute atomic E-state index is 13.1. The van der Waals surface area contributed by atoms with E-state index in [9.17, 15) is 14.4 Å². The largest absolute Gasteiger partial charge is 0.342 e. The molecule has 8 nitrogen and oxygen atoms in total. The minimum absolute atomic E-state index is 0.0220. The number of nitrogens with zero attached hydrogens (tertiary/aromatic N) is 5. The van der Waals surface area contributed by atoms with Crippen LogP contribution < -0.4 is 16.1 Å². The number of ketones is 1. The van der Waals surface area contributed by atoms with E-state index in [0.29, 0.717) is 23.1 Å². The molecule has 0 spiro atoms. The van der Waals surface area contributed by atoms with Gasteiger partial charge in [0.25, 0.3) is 5.56 Å². The molecule has 1 fully saturated rings. The van der Waals surface area contributed by atoms with E-state index in [1.807, 2.05) is 12.1 Å². The Bertz CT molecular complexity index is 1240. The third-order valence-corrected chi connectivity index (χ3v) is 6.26. The zero-order chi connectivity index (χ0) is 21.6. The highest BCUT2D eigenvalue weighted by Gasteiger charge is 2.26. The Balaban J connectivity index is 1.89. The van der Waals surface area contributed by atoms with Crippen LogP contribution in [-0.2, 0) is 20.6 Å². The molecule has 158 valence electrons. The Morgan fingerprint density at radius 3 is 2.53 bits per heavy atom. The van der Waals surface area contributed by atoms with Gasteiger partial charge in [-0.15, -0.1) is 0 Å². The summed E-state index contributed by atoms with van der Waals surface area (Å²) in [6, 6.07) is 7.13. The van der Waals surface area contributed by atoms with Crippen LogP contribution in [0.5, 0.6) is 0 Å². The lowest BCUT2D eigenvalue weighted by Gasteiger charge is -2.32. The second-order valence-electron chi connectivity index (χ2n) is 8.00. The molecule has 0 radical (unpaired) electrons. The molecule has 3 heterocycles. The van der Waals surface area contributed by atoms with Crippen molar-refractivity contribution in [2.24, 2.45) is 20.0 Å². The van der Waals surface area contributed by atoms with Crippen LogP contribution in [0.15, 0.2) is 38.3 Å². The summed E-state index contributed by atoms with van der Waals surface area (Å²) >= 11 is 3.38. The molecule has 0 aliphatic carbocycles. The van der Waals surface area contributed by atoms with E-state index in [-0.39, 0.29) is 17.8 Å². The first-order chi connectivity index (χ1) is 14.3. The summed E-state index contributed by atoms with van der Waals surface area (Å²) in [4.78, 5) is 45.3. The molecule has 0 N–H and O–H groups in total. The van der Waals surface area contributed by atoms with Gasteiger partial charge in [0.15, 0.2) is 16.9 Å². The second-order valence-corrected chi connectivity index (χ2v) is 8.92. The van der Waals surface area contributed by atoms with Crippen molar-refractivity contribution in [3.05, 3.63) is 55.1 Å². The number of imidazole rings is 1. The Hall–Kier alpha value is -2.68. The number of anilines is 1. The molecule has 3 aromatic rings. The van der Waals surface area contributed by atoms with Crippen LogP contribution in [0.2, 0.25) is 0 Å². The molecular weight excluding hydrogens is 450 g/mol. The number of hydrogen-bond acceptors (Lipinski definition) is 5. The molecule has 0 amide bonds. The summed E-state index contributed by atoms with van der Waals surface area (Å²) in [7, 11) is 3.04. The highest BCUT2D eigenvalue weighted by Crippen LogP contribution is 2.25. The van der Waals surface area contributed by atoms with Gasteiger partial charge in [0, 0.05) is 37.2 Å². The summed E-state index contributed by atoms with van der Waals surface area (Å²) in [5.74, 6) is 0.935. The average Bonchev–Trinajstić information content (AvgIpc) is 3.10. The lowest BCUT2D eigenvalue weighted by atomic mass is 10.0. The molecule has 1 atom stereocenters. The van der Waals surface area contributed by atoms with E-state index >= 15 is 0 Å². The van der Waals surface area contributed by atoms with Crippen molar-refractivity contribution in [3.8, 4) is 0 Å². The van der Waals surface area contributed by atoms with Crippen LogP contribution in [0.25, 0.3) is 11.2 Å². The normalized spacial score (nSPS) is 16.9. The summed E-state index contributed by atoms with van der Waals surface area (Å²) in [5, 5.41) is 0. The SMILES string of the molecule is C[C@H]1CCCN(c2nc3c(c(=O)n(C)c(=O)n3C)n2CC(=O)c2ccc(Br)cc2)C1. The number of piperidine rings is 1. The number of carbonyl (C=O) groups is 1. The van der Waals surface area contributed by atoms with E-state index in [1.165, 1.54) is 11.6 Å². The van der Waals surface area contributed by atoms with Crippen LogP contribution in [0.3, 0.4) is 0 Å². The van der Waals surface area contributed by atoms with Gasteiger partial charge in [-0.2, -0.15) is 4.98 Å². The van der Waals surface area contributed by atoms with Gasteiger partial charge in [0.05, 0.1) is 6.54 Å². The molecule has 1 aliphatic rings. The van der Waals surface area contributed by atoms with Gasteiger partial charge in [-0.25, -0.2) is 4.79 Å². The third kappa shape index (κ3) is 3.51. The molecule has 9 heteroatoms. The lowest BCUT2D eigenvalue weighted by Crippen LogP contribution is -2.38. The number of carbonyl (C=O) groups excluding carboxylic acids is 1. The van der Waals surface area contributed by atoms with Crippen molar-refractivity contribution in [1.82, 2.24) is 18.7 Å². The van der Waals surface area contributed by atoms with Crippen molar-refractivity contribution < 1.29 is 4.79 Å². The van der Waals surface area contributed by atoms with E-state index in [2.05, 4.69) is 32.7 Å². The highest BCUT2D eigenvalue weighted by atomic mass is 79.9. The van der Waals surface area contributed by atoms with Crippen molar-refractivity contribution in [1.29, 1.82) is 0 Å². The van der Waals surface area contributed by atoms with Crippen molar-refractivity contribution in [2.45, 2.75) is 26.3 Å². The molecule has 0 unspecified atom stereocenters. The number of Topliss-reactive ketones (excluding diaryl/α,β-unsaturated/α-hetero) is 1. The van der Waals surface area contributed by atoms with Gasteiger partial charge in [-0.05, 0) is 30.9 Å². The minimum atomic E-state index is -0.444. The number of aryl methyl sites for hydroxylation is 1. The standard InChI is InChI=1S/C21H24BrN5O3/c1-13-5-4-10-26(11-13)20-23-18-17(19(29)25(3)21(30)24(18)2)27(20)12-16(28)14-6-8-15(22)9-7-14/h6-9,13H,4-5,10-12H2,1-3H3/t13-/m0/s1. The van der Waals surface area contributed by atoms with Crippen LogP contribution in [0, 0.1) is 5.92 Å². The van der Waals surface area contributed by atoms with Crippen LogP contribution in [0.1, 0.15) is 30.1 Å². The minimum Gasteiger partial charge on any atom is -0.342 e. The van der Waals surface area contributed by atoms with Gasteiger partial charge in [-0.3, -0.25) is 23.3 Å². The van der Waals surface area contributed by atoms with Gasteiger partial charge in [0.1, 0.15) is 0 Å². The van der Waals surface area contributed by atoms with Gasteiger partial charge in [0.2, 0.25) is 5.95 Å². The number of aromatic nitrogens is 4. The fourth-order valence-electron chi connectivity index (χ4n) is 4.07. The number of hydrogen-bond donors (Lipinski definition) is 0. The molecular formula is C21H24BrN5O3. The fraction of sp³-hybridized carbons (Fsp3) is 0.429. The van der Waals surface area contributed by atoms with Crippen LogP contribution in [0.4, 0.5) is 5.95 Å². The quantitative estimate of drug-likeness (QED) is 0.543. The Labute approximate surface area is 181 Å². The van der Waals surface area contributed by atoms with Crippen LogP contribution in [-0.4, -0.2) is 37.6 Å². The highest BCUT2D eigenvalue weighted by molar-refractivity contribution is 9.10. The Morgan fingerprint density at radius 1 is 1.17 bits per heavy atom. The first-order valence-corrected chi connectivity index (χ1v) is 10.8. The number of rotatable bonds is 4. The smallest absolute Gasteiger partial charge is 0.332 e. The van der Waals surface area contributed by atoms with Crippen molar-refractivity contribution in [3.63, 3.8) is 0 Å². The van der Waals surface area contributed by atoms with E-state index in [4.69, 9.17) is 0 Å². The van der Waals surface area contributed by atoms with E-state index in [1.54, 1.807) is 23.7 Å². The summed E-state index contributed by atoms with van der Waals surface area (Å²) in [6.07, 6.45) is 2.15. The Morgan fingerprint density at radius 2 is 1.87 bits per heavy atom. The topological polar surface area (TPSA) is 82.1 Å². The van der Waals surface area contributed by atoms with Gasteiger partial charge >= 0.3 is 5.69 Å². The van der Waals surface area contributed by atoms with Crippen molar-refractivity contribution >= 4 is 38.8 Å². The average molecular weight is 474 g/mol. The zero-order valence-corrected chi connectivity index (χ0v) is 18.8. The van der Waals surface area contributed by atoms with Crippen molar-refractivity contribution in [2.75, 3.05) is 18.0 Å². The summed E-state index contributed by atoms with van der Waals surface area (Å²) in [6.45, 7) is 3.76. The van der Waals surface area contributed by atoms with E-state index in [0.717, 1.165) is 35.0 Å². The van der Waals surface area contributed by atoms with Gasteiger partial charge in [-0.1, -0.05) is 35.0 Å². The summed E-state index contributed by atoms with van der Waals surface area (Å²) < 4.78 is 5.00. The maximum Gasteiger partial charge on any atom is 0.332 e. The molecule has 1 aromatic carbocycles. The number of halogens is 1. The first-order valence-electron chi connectivity index (χ1n) is 9.98. The van der Waals surface area contributed by atoms with Gasteiger partial charge < -0.3 is 4.90 Å². The molecule has 30 heavy (non-hydrogen) atoms. The zero-order valence-electron chi connectivity index (χ0n) is 17.3. The third-order valence-electron chi connectivity index (χ3n) is 5.74. The second kappa shape index (κ2) is 7.86. The maximum atomic E-state index is 13.1. The molecule has 0 bridgehead atoms. The number of benzene rings is 1. The summed E-state index contributed by atoms with van der Waals surface area (Å²) in [5.41, 5.74) is 0.258.